The number of amides is 1. The van der Waals surface area contributed by atoms with Crippen LogP contribution in [0, 0.1) is 0 Å². The van der Waals surface area contributed by atoms with Gasteiger partial charge in [-0.15, -0.1) is 0 Å². The fraction of sp³-hybridized carbons (Fsp3) is 0.294. The SMILES string of the molecule is CC(=O)c1ccc(Nc2nccc(C(=O)NC3CCS(=O)(=O)C3)n2)cc1. The summed E-state index contributed by atoms with van der Waals surface area (Å²) >= 11 is 0. The number of ketones is 1. The van der Waals surface area contributed by atoms with E-state index in [9.17, 15) is 18.0 Å². The predicted octanol–water partition coefficient (Wildman–Crippen LogP) is 1.34. The highest BCUT2D eigenvalue weighted by Crippen LogP contribution is 2.15. The number of nitrogens with zero attached hydrogens (tertiary/aromatic N) is 2. The van der Waals surface area contributed by atoms with Crippen LogP contribution in [0.4, 0.5) is 11.6 Å². The van der Waals surface area contributed by atoms with Gasteiger partial charge in [0.05, 0.1) is 11.5 Å². The van der Waals surface area contributed by atoms with E-state index >= 15 is 0 Å². The van der Waals surface area contributed by atoms with Crippen LogP contribution in [0.2, 0.25) is 0 Å². The molecule has 9 heteroatoms. The summed E-state index contributed by atoms with van der Waals surface area (Å²) in [5, 5.41) is 5.65. The van der Waals surface area contributed by atoms with Gasteiger partial charge in [0.1, 0.15) is 5.69 Å². The van der Waals surface area contributed by atoms with Gasteiger partial charge in [0, 0.05) is 23.5 Å². The van der Waals surface area contributed by atoms with Gasteiger partial charge in [0.2, 0.25) is 5.95 Å². The molecular formula is C17H18N4O4S. The fourth-order valence-corrected chi connectivity index (χ4v) is 4.30. The largest absolute Gasteiger partial charge is 0.347 e. The molecule has 0 saturated carbocycles. The van der Waals surface area contributed by atoms with E-state index in [4.69, 9.17) is 0 Å². The van der Waals surface area contributed by atoms with Crippen LogP contribution in [0.3, 0.4) is 0 Å². The second-order valence-corrected chi connectivity index (χ2v) is 8.33. The maximum atomic E-state index is 12.3. The van der Waals surface area contributed by atoms with Crippen LogP contribution in [0.1, 0.15) is 34.2 Å². The van der Waals surface area contributed by atoms with Crippen molar-refractivity contribution in [3.63, 3.8) is 0 Å². The summed E-state index contributed by atoms with van der Waals surface area (Å²) in [4.78, 5) is 31.8. The third kappa shape index (κ3) is 4.42. The summed E-state index contributed by atoms with van der Waals surface area (Å²) in [6, 6.07) is 7.87. The molecule has 1 fully saturated rings. The van der Waals surface area contributed by atoms with Crippen LogP contribution < -0.4 is 10.6 Å². The molecule has 2 N–H and O–H groups in total. The zero-order valence-electron chi connectivity index (χ0n) is 14.1. The van der Waals surface area contributed by atoms with Crippen LogP contribution in [0.5, 0.6) is 0 Å². The zero-order chi connectivity index (χ0) is 18.7. The Bertz CT molecular complexity index is 941. The van der Waals surface area contributed by atoms with Gasteiger partial charge in [-0.3, -0.25) is 9.59 Å². The topological polar surface area (TPSA) is 118 Å². The molecule has 2 heterocycles. The van der Waals surface area contributed by atoms with Gasteiger partial charge in [-0.25, -0.2) is 18.4 Å². The Kier molecular flexibility index (Phi) is 4.99. The molecule has 1 aliphatic rings. The van der Waals surface area contributed by atoms with Gasteiger partial charge in [-0.1, -0.05) is 0 Å². The number of aromatic nitrogens is 2. The molecule has 1 aliphatic heterocycles. The van der Waals surface area contributed by atoms with Gasteiger partial charge in [-0.2, -0.15) is 0 Å². The highest BCUT2D eigenvalue weighted by Gasteiger charge is 2.29. The van der Waals surface area contributed by atoms with Crippen molar-refractivity contribution in [2.75, 3.05) is 16.8 Å². The Morgan fingerprint density at radius 3 is 2.50 bits per heavy atom. The first-order chi connectivity index (χ1) is 12.3. The number of nitrogens with one attached hydrogen (secondary N) is 2. The van der Waals surface area contributed by atoms with E-state index in [2.05, 4.69) is 20.6 Å². The maximum Gasteiger partial charge on any atom is 0.270 e. The van der Waals surface area contributed by atoms with Crippen molar-refractivity contribution in [3.8, 4) is 0 Å². The number of carbonyl (C=O) groups excluding carboxylic acids is 2. The molecule has 0 radical (unpaired) electrons. The molecular weight excluding hydrogens is 356 g/mol. The lowest BCUT2D eigenvalue weighted by molar-refractivity contribution is 0.0935. The molecule has 136 valence electrons. The smallest absolute Gasteiger partial charge is 0.270 e. The lowest BCUT2D eigenvalue weighted by Gasteiger charge is -2.11. The molecule has 1 aromatic carbocycles. The third-order valence-corrected chi connectivity index (χ3v) is 5.77. The minimum Gasteiger partial charge on any atom is -0.347 e. The molecule has 1 amide bonds. The lowest BCUT2D eigenvalue weighted by Crippen LogP contribution is -2.36. The highest BCUT2D eigenvalue weighted by atomic mass is 32.2. The van der Waals surface area contributed by atoms with E-state index in [0.29, 0.717) is 17.7 Å². The fourth-order valence-electron chi connectivity index (χ4n) is 2.63. The minimum absolute atomic E-state index is 0.0274. The Morgan fingerprint density at radius 2 is 1.88 bits per heavy atom. The third-order valence-electron chi connectivity index (χ3n) is 4.00. The molecule has 0 aliphatic carbocycles. The van der Waals surface area contributed by atoms with Gasteiger partial charge >= 0.3 is 0 Å². The van der Waals surface area contributed by atoms with Gasteiger partial charge in [0.25, 0.3) is 5.91 Å². The van der Waals surface area contributed by atoms with Crippen molar-refractivity contribution in [3.05, 3.63) is 47.8 Å². The first kappa shape index (κ1) is 18.0. The highest BCUT2D eigenvalue weighted by molar-refractivity contribution is 7.91. The van der Waals surface area contributed by atoms with E-state index in [-0.39, 0.29) is 28.9 Å². The second-order valence-electron chi connectivity index (χ2n) is 6.10. The van der Waals surface area contributed by atoms with Crippen molar-refractivity contribution in [1.29, 1.82) is 0 Å². The average molecular weight is 374 g/mol. The molecule has 2 aromatic rings. The summed E-state index contributed by atoms with van der Waals surface area (Å²) in [6.07, 6.45) is 1.85. The van der Waals surface area contributed by atoms with E-state index in [1.807, 2.05) is 0 Å². The minimum atomic E-state index is -3.07. The van der Waals surface area contributed by atoms with Gasteiger partial charge in [0.15, 0.2) is 15.6 Å². The Balaban J connectivity index is 1.67. The first-order valence-corrected chi connectivity index (χ1v) is 9.87. The van der Waals surface area contributed by atoms with Crippen LogP contribution in [0.15, 0.2) is 36.5 Å². The van der Waals surface area contributed by atoms with Crippen molar-refractivity contribution in [2.45, 2.75) is 19.4 Å². The molecule has 8 nitrogen and oxygen atoms in total. The molecule has 1 saturated heterocycles. The normalized spacial score (nSPS) is 18.3. The Morgan fingerprint density at radius 1 is 1.15 bits per heavy atom. The number of sulfone groups is 1. The molecule has 0 bridgehead atoms. The van der Waals surface area contributed by atoms with Gasteiger partial charge in [-0.05, 0) is 43.7 Å². The molecule has 1 aromatic heterocycles. The predicted molar refractivity (Wildman–Crippen MR) is 96.3 cm³/mol. The Hall–Kier alpha value is -2.81. The summed E-state index contributed by atoms with van der Waals surface area (Å²) in [6.45, 7) is 1.49. The number of Topliss-reactive ketones (excluding diaryl/α,β-unsaturated/α-hetero) is 1. The molecule has 3 rings (SSSR count). The van der Waals surface area contributed by atoms with Crippen molar-refractivity contribution in [2.24, 2.45) is 0 Å². The van der Waals surface area contributed by atoms with Crippen LogP contribution in [-0.4, -0.2) is 47.6 Å². The molecule has 26 heavy (non-hydrogen) atoms. The number of anilines is 2. The number of carbonyl (C=O) groups is 2. The van der Waals surface area contributed by atoms with Crippen molar-refractivity contribution < 1.29 is 18.0 Å². The quantitative estimate of drug-likeness (QED) is 0.758. The standard InChI is InChI=1S/C17H18N4O4S/c1-11(22)12-2-4-13(5-3-12)20-17-18-8-6-15(21-17)16(23)19-14-7-9-26(24,25)10-14/h2-6,8,14H,7,9-10H2,1H3,(H,19,23)(H,18,20,21). The summed E-state index contributed by atoms with van der Waals surface area (Å²) in [5.74, 6) is -0.195. The van der Waals surface area contributed by atoms with Crippen LogP contribution in [0.25, 0.3) is 0 Å². The summed E-state index contributed by atoms with van der Waals surface area (Å²) < 4.78 is 22.9. The summed E-state index contributed by atoms with van der Waals surface area (Å²) in [7, 11) is -3.07. The van der Waals surface area contributed by atoms with Crippen LogP contribution >= 0.6 is 0 Å². The van der Waals surface area contributed by atoms with Gasteiger partial charge < -0.3 is 10.6 Å². The number of rotatable bonds is 5. The molecule has 1 unspecified atom stereocenters. The van der Waals surface area contributed by atoms with E-state index in [0.717, 1.165) is 0 Å². The van der Waals surface area contributed by atoms with E-state index in [1.54, 1.807) is 24.3 Å². The Labute approximate surface area is 151 Å². The zero-order valence-corrected chi connectivity index (χ0v) is 14.9. The van der Waals surface area contributed by atoms with E-state index < -0.39 is 21.8 Å². The lowest BCUT2D eigenvalue weighted by atomic mass is 10.1. The number of hydrogen-bond donors (Lipinski definition) is 2. The van der Waals surface area contributed by atoms with Crippen LogP contribution in [-0.2, 0) is 9.84 Å². The number of benzene rings is 1. The average Bonchev–Trinajstić information content (AvgIpc) is 2.94. The molecule has 1 atom stereocenters. The maximum absolute atomic E-state index is 12.3. The first-order valence-electron chi connectivity index (χ1n) is 8.05. The second kappa shape index (κ2) is 7.20. The molecule has 0 spiro atoms. The summed E-state index contributed by atoms with van der Waals surface area (Å²) in [5.41, 5.74) is 1.41. The van der Waals surface area contributed by atoms with Crippen molar-refractivity contribution >= 4 is 33.2 Å². The van der Waals surface area contributed by atoms with E-state index in [1.165, 1.54) is 19.2 Å². The van der Waals surface area contributed by atoms with Crippen molar-refractivity contribution in [1.82, 2.24) is 15.3 Å². The monoisotopic (exact) mass is 374 g/mol. The number of hydrogen-bond acceptors (Lipinski definition) is 7.